The standard InChI is InChI=1S/C9H7N.C3H3NO3/c1-2-4-9-7-10-6-5-8(9)3-1;5-2-4-1-3(6)7/h1-7H;1H2,(H,6,7). The van der Waals surface area contributed by atoms with Crippen LogP contribution in [0.25, 0.3) is 10.8 Å². The van der Waals surface area contributed by atoms with Gasteiger partial charge in [0.05, 0.1) is 0 Å². The molecule has 0 bridgehead atoms. The summed E-state index contributed by atoms with van der Waals surface area (Å²) in [5.74, 6) is -1.12. The van der Waals surface area contributed by atoms with Gasteiger partial charge in [0.25, 0.3) is 0 Å². The summed E-state index contributed by atoms with van der Waals surface area (Å²) < 4.78 is 0. The van der Waals surface area contributed by atoms with E-state index in [-0.39, 0.29) is 0 Å². The maximum atomic E-state index is 9.49. The molecule has 1 N–H and O–H groups in total. The molecule has 86 valence electrons. The molecule has 1 heterocycles. The minimum atomic E-state index is -1.12. The largest absolute Gasteiger partial charge is 0.480 e. The predicted molar refractivity (Wildman–Crippen MR) is 62.4 cm³/mol. The molecule has 1 aromatic carbocycles. The molecule has 0 aliphatic carbocycles. The van der Waals surface area contributed by atoms with Crippen LogP contribution in [-0.4, -0.2) is 28.7 Å². The van der Waals surface area contributed by atoms with Crippen molar-refractivity contribution in [3.05, 3.63) is 42.7 Å². The zero-order valence-electron chi connectivity index (χ0n) is 8.91. The molecule has 0 radical (unpaired) electrons. The number of pyridine rings is 1. The second-order valence-corrected chi connectivity index (χ2v) is 3.02. The van der Waals surface area contributed by atoms with E-state index in [2.05, 4.69) is 22.1 Å². The number of carbonyl (C=O) groups excluding carboxylic acids is 1. The van der Waals surface area contributed by atoms with Crippen molar-refractivity contribution in [2.45, 2.75) is 0 Å². The van der Waals surface area contributed by atoms with Gasteiger partial charge in [-0.25, -0.2) is 4.79 Å². The van der Waals surface area contributed by atoms with E-state index in [9.17, 15) is 4.79 Å². The van der Waals surface area contributed by atoms with Gasteiger partial charge in [-0.15, -0.1) is 0 Å². The van der Waals surface area contributed by atoms with Crippen molar-refractivity contribution < 1.29 is 14.7 Å². The monoisotopic (exact) mass is 230 g/mol. The first-order valence-corrected chi connectivity index (χ1v) is 4.78. The first kappa shape index (κ1) is 12.5. The molecule has 0 aliphatic heterocycles. The maximum Gasteiger partial charge on any atom is 0.326 e. The number of carbonyl (C=O) groups is 1. The second-order valence-electron chi connectivity index (χ2n) is 3.02. The number of aliphatic imine (C=N–C) groups is 1. The number of isocyanates is 1. The molecule has 2 aromatic rings. The Morgan fingerprint density at radius 3 is 2.53 bits per heavy atom. The molecule has 5 nitrogen and oxygen atoms in total. The smallest absolute Gasteiger partial charge is 0.326 e. The fourth-order valence-corrected chi connectivity index (χ4v) is 1.13. The van der Waals surface area contributed by atoms with Gasteiger partial charge in [-0.1, -0.05) is 24.3 Å². The lowest BCUT2D eigenvalue weighted by Gasteiger charge is -1.91. The molecule has 0 aliphatic rings. The van der Waals surface area contributed by atoms with E-state index in [1.807, 2.05) is 30.6 Å². The number of hydrogen-bond acceptors (Lipinski definition) is 4. The molecule has 0 saturated heterocycles. The van der Waals surface area contributed by atoms with E-state index in [0.29, 0.717) is 0 Å². The van der Waals surface area contributed by atoms with Crippen molar-refractivity contribution in [2.24, 2.45) is 4.99 Å². The number of benzene rings is 1. The molecule has 5 heteroatoms. The van der Waals surface area contributed by atoms with Crippen LogP contribution in [0.15, 0.2) is 47.7 Å². The number of carboxylic acids is 1. The Balaban J connectivity index is 0.000000185. The van der Waals surface area contributed by atoms with Gasteiger partial charge in [0.15, 0.2) is 0 Å². The van der Waals surface area contributed by atoms with E-state index in [4.69, 9.17) is 9.90 Å². The molecule has 0 fully saturated rings. The van der Waals surface area contributed by atoms with Gasteiger partial charge >= 0.3 is 5.97 Å². The van der Waals surface area contributed by atoms with Gasteiger partial charge in [-0.3, -0.25) is 9.78 Å². The minimum Gasteiger partial charge on any atom is -0.480 e. The van der Waals surface area contributed by atoms with Crippen molar-refractivity contribution in [3.8, 4) is 0 Å². The van der Waals surface area contributed by atoms with Crippen LogP contribution in [0.5, 0.6) is 0 Å². The molecular formula is C12H10N2O3. The summed E-state index contributed by atoms with van der Waals surface area (Å²) in [6.45, 7) is -0.483. The summed E-state index contributed by atoms with van der Waals surface area (Å²) in [6, 6.07) is 10.2. The van der Waals surface area contributed by atoms with Gasteiger partial charge in [-0.2, -0.15) is 4.99 Å². The summed E-state index contributed by atoms with van der Waals surface area (Å²) in [5.41, 5.74) is 0. The number of rotatable bonds is 2. The SMILES string of the molecule is O=C=NCC(=O)O.c1ccc2cnccc2c1. The van der Waals surface area contributed by atoms with Crippen LogP contribution >= 0.6 is 0 Å². The van der Waals surface area contributed by atoms with Crippen LogP contribution in [0, 0.1) is 0 Å². The van der Waals surface area contributed by atoms with Gasteiger partial charge in [-0.05, 0) is 16.8 Å². The first-order valence-electron chi connectivity index (χ1n) is 4.78. The summed E-state index contributed by atoms with van der Waals surface area (Å²) in [4.78, 5) is 25.4. The van der Waals surface area contributed by atoms with Crippen molar-refractivity contribution in [1.82, 2.24) is 4.98 Å². The molecule has 0 spiro atoms. The number of fused-ring (bicyclic) bond motifs is 1. The number of aliphatic carboxylic acids is 1. The zero-order valence-corrected chi connectivity index (χ0v) is 8.91. The highest BCUT2D eigenvalue weighted by Crippen LogP contribution is 2.09. The van der Waals surface area contributed by atoms with Crippen molar-refractivity contribution in [1.29, 1.82) is 0 Å². The third kappa shape index (κ3) is 4.68. The lowest BCUT2D eigenvalue weighted by molar-refractivity contribution is -0.135. The number of hydrogen-bond donors (Lipinski definition) is 1. The van der Waals surface area contributed by atoms with Crippen LogP contribution < -0.4 is 0 Å². The number of aromatic nitrogens is 1. The second kappa shape index (κ2) is 6.87. The summed E-state index contributed by atoms with van der Waals surface area (Å²) in [5, 5.41) is 10.2. The first-order chi connectivity index (χ1) is 8.24. The number of carboxylic acid groups (broad SMARTS) is 1. The van der Waals surface area contributed by atoms with Gasteiger partial charge < -0.3 is 5.11 Å². The number of nitrogens with zero attached hydrogens (tertiary/aromatic N) is 2. The van der Waals surface area contributed by atoms with E-state index >= 15 is 0 Å². The lowest BCUT2D eigenvalue weighted by Crippen LogP contribution is -1.97. The molecule has 0 unspecified atom stereocenters. The summed E-state index contributed by atoms with van der Waals surface area (Å²) >= 11 is 0. The van der Waals surface area contributed by atoms with Crippen molar-refractivity contribution in [3.63, 3.8) is 0 Å². The third-order valence-corrected chi connectivity index (χ3v) is 1.83. The molecule has 0 amide bonds. The van der Waals surface area contributed by atoms with Crippen LogP contribution in [0.2, 0.25) is 0 Å². The summed E-state index contributed by atoms with van der Waals surface area (Å²) in [6.07, 6.45) is 4.77. The lowest BCUT2D eigenvalue weighted by atomic mass is 10.2. The topological polar surface area (TPSA) is 79.6 Å². The highest BCUT2D eigenvalue weighted by Gasteiger charge is 1.87. The van der Waals surface area contributed by atoms with E-state index in [1.54, 1.807) is 0 Å². The molecule has 0 saturated carbocycles. The fraction of sp³-hybridized carbons (Fsp3) is 0.0833. The van der Waals surface area contributed by atoms with Crippen LogP contribution in [0.4, 0.5) is 0 Å². The molecule has 0 atom stereocenters. The Hall–Kier alpha value is -2.52. The van der Waals surface area contributed by atoms with Gasteiger partial charge in [0.2, 0.25) is 6.08 Å². The fourth-order valence-electron chi connectivity index (χ4n) is 1.13. The van der Waals surface area contributed by atoms with E-state index in [1.165, 1.54) is 10.8 Å². The van der Waals surface area contributed by atoms with Gasteiger partial charge in [0, 0.05) is 12.4 Å². The normalized spacial score (nSPS) is 8.71. The molecule has 17 heavy (non-hydrogen) atoms. The quantitative estimate of drug-likeness (QED) is 0.628. The Labute approximate surface area is 97.4 Å². The highest BCUT2D eigenvalue weighted by atomic mass is 16.4. The molecule has 1 aromatic heterocycles. The average molecular weight is 230 g/mol. The summed E-state index contributed by atoms with van der Waals surface area (Å²) in [7, 11) is 0. The molecular weight excluding hydrogens is 220 g/mol. The highest BCUT2D eigenvalue weighted by molar-refractivity contribution is 5.80. The Morgan fingerprint density at radius 2 is 2.00 bits per heavy atom. The van der Waals surface area contributed by atoms with Crippen LogP contribution in [0.3, 0.4) is 0 Å². The zero-order chi connectivity index (χ0) is 12.5. The Kier molecular flexibility index (Phi) is 5.07. The van der Waals surface area contributed by atoms with Crippen LogP contribution in [-0.2, 0) is 9.59 Å². The Bertz CT molecular complexity index is 483. The van der Waals surface area contributed by atoms with Gasteiger partial charge in [0.1, 0.15) is 6.54 Å². The maximum absolute atomic E-state index is 9.49. The van der Waals surface area contributed by atoms with Crippen molar-refractivity contribution in [2.75, 3.05) is 6.54 Å². The van der Waals surface area contributed by atoms with E-state index < -0.39 is 12.5 Å². The average Bonchev–Trinajstić information content (AvgIpc) is 2.37. The minimum absolute atomic E-state index is 0.483. The molecule has 2 rings (SSSR count). The van der Waals surface area contributed by atoms with E-state index in [0.717, 1.165) is 6.08 Å². The van der Waals surface area contributed by atoms with Crippen LogP contribution in [0.1, 0.15) is 0 Å². The third-order valence-electron chi connectivity index (χ3n) is 1.83. The van der Waals surface area contributed by atoms with Crippen molar-refractivity contribution >= 4 is 22.8 Å². The Morgan fingerprint density at radius 1 is 1.29 bits per heavy atom. The predicted octanol–water partition coefficient (Wildman–Crippen LogP) is 1.64.